The molecule has 0 aliphatic carbocycles. The highest BCUT2D eigenvalue weighted by atomic mass is 35.5. The summed E-state index contributed by atoms with van der Waals surface area (Å²) in [6.07, 6.45) is 0.285. The number of carbonyl (C=O) groups excluding carboxylic acids is 2. The molecule has 0 bridgehead atoms. The molecule has 0 saturated heterocycles. The third kappa shape index (κ3) is 8.71. The maximum atomic E-state index is 13.7. The Morgan fingerprint density at radius 2 is 1.69 bits per heavy atom. The highest BCUT2D eigenvalue weighted by molar-refractivity contribution is 6.30. The molecule has 1 atom stereocenters. The zero-order valence-electron chi connectivity index (χ0n) is 22.3. The van der Waals surface area contributed by atoms with E-state index in [-0.39, 0.29) is 36.1 Å². The summed E-state index contributed by atoms with van der Waals surface area (Å²) < 4.78 is 10.8. The third-order valence-corrected chi connectivity index (χ3v) is 6.00. The number of nitrogens with one attached hydrogen (secondary N) is 1. The maximum Gasteiger partial charge on any atom is 0.311 e. The molecule has 1 N–H and O–H groups in total. The quantitative estimate of drug-likeness (QED) is 0.258. The van der Waals surface area contributed by atoms with Crippen LogP contribution >= 0.6 is 11.6 Å². The standard InChI is InChI=1S/C29H32ClN3O6/c1-29(2,3)31-28(35)25(16-20-8-6-5-7-9-20)32(18-21-10-12-22(30)13-11-21)27(34)19-39-23-14-15-24(33(36)37)26(17-23)38-4/h5-15,17,25H,16,18-19H2,1-4H3,(H,31,35)/t25-/m1/s1. The molecule has 0 radical (unpaired) electrons. The first-order valence-electron chi connectivity index (χ1n) is 12.3. The summed E-state index contributed by atoms with van der Waals surface area (Å²) in [5.74, 6) is -0.511. The van der Waals surface area contributed by atoms with Gasteiger partial charge in [-0.25, -0.2) is 0 Å². The number of amides is 2. The Morgan fingerprint density at radius 1 is 1.03 bits per heavy atom. The van der Waals surface area contributed by atoms with Gasteiger partial charge in [0.25, 0.3) is 5.91 Å². The lowest BCUT2D eigenvalue weighted by Gasteiger charge is -2.33. The minimum Gasteiger partial charge on any atom is -0.490 e. The van der Waals surface area contributed by atoms with Crippen LogP contribution in [0, 0.1) is 10.1 Å². The number of nitro benzene ring substituents is 1. The zero-order valence-corrected chi connectivity index (χ0v) is 23.1. The average Bonchev–Trinajstić information content (AvgIpc) is 2.89. The first-order valence-corrected chi connectivity index (χ1v) is 12.7. The van der Waals surface area contributed by atoms with Gasteiger partial charge in [0.05, 0.1) is 12.0 Å². The summed E-state index contributed by atoms with van der Waals surface area (Å²) in [7, 11) is 1.31. The number of methoxy groups -OCH3 is 1. The number of carbonyl (C=O) groups is 2. The number of rotatable bonds is 11. The van der Waals surface area contributed by atoms with Crippen molar-refractivity contribution in [1.82, 2.24) is 10.2 Å². The normalized spacial score (nSPS) is 11.8. The second kappa shape index (κ2) is 13.1. The highest BCUT2D eigenvalue weighted by Gasteiger charge is 2.32. The van der Waals surface area contributed by atoms with Gasteiger partial charge in [0.15, 0.2) is 6.61 Å². The lowest BCUT2D eigenvalue weighted by atomic mass is 10.0. The van der Waals surface area contributed by atoms with Crippen molar-refractivity contribution in [2.24, 2.45) is 0 Å². The topological polar surface area (TPSA) is 111 Å². The number of ether oxygens (including phenoxy) is 2. The number of halogens is 1. The van der Waals surface area contributed by atoms with Crippen LogP contribution in [0.15, 0.2) is 72.8 Å². The van der Waals surface area contributed by atoms with Crippen molar-refractivity contribution < 1.29 is 24.0 Å². The van der Waals surface area contributed by atoms with Crippen molar-refractivity contribution >= 4 is 29.1 Å². The minimum atomic E-state index is -0.843. The first-order chi connectivity index (χ1) is 18.5. The minimum absolute atomic E-state index is 0.00878. The molecule has 39 heavy (non-hydrogen) atoms. The second-order valence-electron chi connectivity index (χ2n) is 9.97. The number of hydrogen-bond acceptors (Lipinski definition) is 6. The molecular formula is C29H32ClN3O6. The molecule has 0 aliphatic heterocycles. The van der Waals surface area contributed by atoms with Crippen LogP contribution in [-0.2, 0) is 22.6 Å². The summed E-state index contributed by atoms with van der Waals surface area (Å²) in [5.41, 5.74) is 0.933. The summed E-state index contributed by atoms with van der Waals surface area (Å²) >= 11 is 6.06. The van der Waals surface area contributed by atoms with E-state index in [9.17, 15) is 19.7 Å². The van der Waals surface area contributed by atoms with E-state index in [1.54, 1.807) is 24.3 Å². The fraction of sp³-hybridized carbons (Fsp3) is 0.310. The van der Waals surface area contributed by atoms with E-state index in [2.05, 4.69) is 5.32 Å². The molecule has 0 fully saturated rings. The van der Waals surface area contributed by atoms with Gasteiger partial charge >= 0.3 is 5.69 Å². The Labute approximate surface area is 232 Å². The highest BCUT2D eigenvalue weighted by Crippen LogP contribution is 2.31. The van der Waals surface area contributed by atoms with Gasteiger partial charge < -0.3 is 19.7 Å². The molecule has 9 nitrogen and oxygen atoms in total. The molecule has 2 amide bonds. The van der Waals surface area contributed by atoms with Crippen LogP contribution in [-0.4, -0.2) is 46.9 Å². The molecule has 0 saturated carbocycles. The molecule has 0 unspecified atom stereocenters. The van der Waals surface area contributed by atoms with Gasteiger partial charge in [-0.2, -0.15) is 0 Å². The number of benzene rings is 3. The molecule has 0 aromatic heterocycles. The van der Waals surface area contributed by atoms with Crippen molar-refractivity contribution in [3.8, 4) is 11.5 Å². The Kier molecular flexibility index (Phi) is 9.89. The van der Waals surface area contributed by atoms with Crippen LogP contribution in [0.25, 0.3) is 0 Å². The van der Waals surface area contributed by atoms with Crippen LogP contribution in [0.5, 0.6) is 11.5 Å². The van der Waals surface area contributed by atoms with Gasteiger partial charge in [0.2, 0.25) is 11.7 Å². The Balaban J connectivity index is 1.93. The van der Waals surface area contributed by atoms with Crippen molar-refractivity contribution in [1.29, 1.82) is 0 Å². The molecule has 3 aromatic carbocycles. The van der Waals surface area contributed by atoms with Gasteiger partial charge in [-0.1, -0.05) is 54.1 Å². The number of hydrogen-bond donors (Lipinski definition) is 1. The predicted octanol–water partition coefficient (Wildman–Crippen LogP) is 5.19. The van der Waals surface area contributed by atoms with E-state index in [1.807, 2.05) is 51.1 Å². The van der Waals surface area contributed by atoms with Crippen molar-refractivity contribution in [2.45, 2.75) is 45.3 Å². The van der Waals surface area contributed by atoms with Gasteiger partial charge in [0.1, 0.15) is 11.8 Å². The summed E-state index contributed by atoms with van der Waals surface area (Å²) in [6, 6.07) is 19.6. The fourth-order valence-corrected chi connectivity index (χ4v) is 4.05. The predicted molar refractivity (Wildman–Crippen MR) is 149 cm³/mol. The molecule has 206 valence electrons. The fourth-order valence-electron chi connectivity index (χ4n) is 3.92. The van der Waals surface area contributed by atoms with E-state index >= 15 is 0 Å². The van der Waals surface area contributed by atoms with E-state index in [4.69, 9.17) is 21.1 Å². The Hall–Kier alpha value is -4.11. The molecule has 3 rings (SSSR count). The van der Waals surface area contributed by atoms with Gasteiger partial charge in [0, 0.05) is 35.7 Å². The van der Waals surface area contributed by atoms with E-state index < -0.39 is 29.0 Å². The van der Waals surface area contributed by atoms with Gasteiger partial charge in [-0.3, -0.25) is 19.7 Å². The third-order valence-electron chi connectivity index (χ3n) is 5.75. The Morgan fingerprint density at radius 3 is 2.28 bits per heavy atom. The van der Waals surface area contributed by atoms with Crippen LogP contribution in [0.4, 0.5) is 5.69 Å². The lowest BCUT2D eigenvalue weighted by Crippen LogP contribution is -2.55. The van der Waals surface area contributed by atoms with Crippen LogP contribution < -0.4 is 14.8 Å². The van der Waals surface area contributed by atoms with Crippen molar-refractivity contribution in [3.05, 3.63) is 99.1 Å². The average molecular weight is 554 g/mol. The molecule has 0 heterocycles. The van der Waals surface area contributed by atoms with E-state index in [1.165, 1.54) is 30.2 Å². The lowest BCUT2D eigenvalue weighted by molar-refractivity contribution is -0.385. The monoisotopic (exact) mass is 553 g/mol. The summed E-state index contributed by atoms with van der Waals surface area (Å²) in [4.78, 5) is 39.4. The number of nitrogens with zero attached hydrogens (tertiary/aromatic N) is 2. The number of nitro groups is 1. The largest absolute Gasteiger partial charge is 0.490 e. The van der Waals surface area contributed by atoms with Gasteiger partial charge in [-0.15, -0.1) is 0 Å². The molecular weight excluding hydrogens is 522 g/mol. The smallest absolute Gasteiger partial charge is 0.311 e. The van der Waals surface area contributed by atoms with Crippen molar-refractivity contribution in [3.63, 3.8) is 0 Å². The SMILES string of the molecule is COc1cc(OCC(=O)N(Cc2ccc(Cl)cc2)[C@H](Cc2ccccc2)C(=O)NC(C)(C)C)ccc1[N+](=O)[O-]. The molecule has 3 aromatic rings. The summed E-state index contributed by atoms with van der Waals surface area (Å²) in [5, 5.41) is 14.8. The van der Waals surface area contributed by atoms with E-state index in [0.717, 1.165) is 11.1 Å². The second-order valence-corrected chi connectivity index (χ2v) is 10.4. The first kappa shape index (κ1) is 29.4. The van der Waals surface area contributed by atoms with Gasteiger partial charge in [-0.05, 0) is 50.1 Å². The van der Waals surface area contributed by atoms with E-state index in [0.29, 0.717) is 5.02 Å². The molecule has 0 spiro atoms. The zero-order chi connectivity index (χ0) is 28.6. The van der Waals surface area contributed by atoms with Crippen LogP contribution in [0.3, 0.4) is 0 Å². The Bertz CT molecular complexity index is 1290. The van der Waals surface area contributed by atoms with Crippen LogP contribution in [0.2, 0.25) is 5.02 Å². The molecule has 10 heteroatoms. The maximum absolute atomic E-state index is 13.7. The molecule has 0 aliphatic rings. The van der Waals surface area contributed by atoms with Crippen molar-refractivity contribution in [2.75, 3.05) is 13.7 Å². The summed E-state index contributed by atoms with van der Waals surface area (Å²) in [6.45, 7) is 5.36. The van der Waals surface area contributed by atoms with Crippen LogP contribution in [0.1, 0.15) is 31.9 Å².